The van der Waals surface area contributed by atoms with Crippen molar-refractivity contribution in [1.29, 1.82) is 0 Å². The fourth-order valence-electron chi connectivity index (χ4n) is 3.80. The van der Waals surface area contributed by atoms with Crippen LogP contribution in [0.2, 0.25) is 5.02 Å². The maximum atomic E-state index is 14.0. The van der Waals surface area contributed by atoms with Gasteiger partial charge in [-0.2, -0.15) is 0 Å². The number of nitrogens with two attached hydrogens (primary N) is 2. The lowest BCUT2D eigenvalue weighted by Gasteiger charge is -2.28. The number of phenols is 1. The van der Waals surface area contributed by atoms with Crippen LogP contribution in [0.1, 0.15) is 21.5 Å². The van der Waals surface area contributed by atoms with Crippen LogP contribution in [0.4, 0.5) is 21.5 Å². The van der Waals surface area contributed by atoms with E-state index in [1.165, 1.54) is 12.3 Å². The average molecular weight is 477 g/mol. The molecule has 6 nitrogen and oxygen atoms in total. The number of carbonyl (C=O) groups is 1. The Hall–Kier alpha value is -4.10. The van der Waals surface area contributed by atoms with Crippen LogP contribution < -0.4 is 16.4 Å². The van der Waals surface area contributed by atoms with Crippen molar-refractivity contribution >= 4 is 34.6 Å². The molecule has 4 rings (SSSR count). The zero-order valence-corrected chi connectivity index (χ0v) is 18.8. The first-order valence-electron chi connectivity index (χ1n) is 10.4. The van der Waals surface area contributed by atoms with Crippen molar-refractivity contribution < 1.29 is 14.3 Å². The molecule has 0 aliphatic carbocycles. The summed E-state index contributed by atoms with van der Waals surface area (Å²) in [4.78, 5) is 18.1. The van der Waals surface area contributed by atoms with Gasteiger partial charge in [0, 0.05) is 40.3 Å². The number of nitrogen functional groups attached to an aromatic ring is 1. The molecule has 8 heteroatoms. The molecule has 0 spiro atoms. The van der Waals surface area contributed by atoms with Gasteiger partial charge in [-0.3, -0.25) is 9.78 Å². The molecule has 1 aromatic heterocycles. The van der Waals surface area contributed by atoms with E-state index < -0.39 is 12.6 Å². The van der Waals surface area contributed by atoms with Crippen molar-refractivity contribution in [3.63, 3.8) is 0 Å². The topological polar surface area (TPSA) is 105 Å². The van der Waals surface area contributed by atoms with E-state index in [2.05, 4.69) is 4.98 Å². The van der Waals surface area contributed by atoms with Crippen LogP contribution in [-0.2, 0) is 13.2 Å². The molecule has 3 aromatic carbocycles. The third-order valence-electron chi connectivity index (χ3n) is 5.42. The summed E-state index contributed by atoms with van der Waals surface area (Å²) < 4.78 is 14.0. The highest BCUT2D eigenvalue weighted by Crippen LogP contribution is 2.41. The fraction of sp³-hybridized carbons (Fsp3) is 0.0769. The number of aromatic nitrogens is 1. The Kier molecular flexibility index (Phi) is 6.65. The number of phenolic OH excluding ortho intramolecular Hbond substituents is 1. The first-order valence-corrected chi connectivity index (χ1v) is 10.8. The Morgan fingerprint density at radius 3 is 2.53 bits per heavy atom. The number of amides is 1. The van der Waals surface area contributed by atoms with E-state index in [-0.39, 0.29) is 28.3 Å². The summed E-state index contributed by atoms with van der Waals surface area (Å²) in [6.45, 7) is -0.350. The Labute approximate surface area is 201 Å². The largest absolute Gasteiger partial charge is 0.505 e. The zero-order chi connectivity index (χ0) is 24.2. The number of hydrogen-bond acceptors (Lipinski definition) is 5. The standard InChI is InChI=1S/C26H22ClFN4O2/c27-18-8-9-23(17(11-18)14-28)32(15-16-5-2-1-3-6-16)19-12-21(25(33)22(29)13-19)24-20(26(30)34)7-4-10-31-24/h1-13,33H,14-15,29H2,(H2,30,34). The van der Waals surface area contributed by atoms with Crippen molar-refractivity contribution in [2.75, 3.05) is 10.6 Å². The van der Waals surface area contributed by atoms with E-state index in [0.717, 1.165) is 5.56 Å². The van der Waals surface area contributed by atoms with Crippen LogP contribution in [0.3, 0.4) is 0 Å². The van der Waals surface area contributed by atoms with Crippen molar-refractivity contribution in [1.82, 2.24) is 4.98 Å². The number of hydrogen-bond donors (Lipinski definition) is 3. The second kappa shape index (κ2) is 9.80. The molecule has 0 fully saturated rings. The fourth-order valence-corrected chi connectivity index (χ4v) is 4.00. The molecule has 34 heavy (non-hydrogen) atoms. The lowest BCUT2D eigenvalue weighted by Crippen LogP contribution is -2.18. The highest BCUT2D eigenvalue weighted by atomic mass is 35.5. The van der Waals surface area contributed by atoms with Gasteiger partial charge in [-0.05, 0) is 48.0 Å². The first-order chi connectivity index (χ1) is 16.4. The van der Waals surface area contributed by atoms with Gasteiger partial charge >= 0.3 is 0 Å². The highest BCUT2D eigenvalue weighted by Gasteiger charge is 2.21. The minimum atomic E-state index is -0.729. The molecule has 4 aromatic rings. The van der Waals surface area contributed by atoms with Crippen molar-refractivity contribution in [2.24, 2.45) is 5.73 Å². The van der Waals surface area contributed by atoms with Gasteiger partial charge in [0.05, 0.1) is 16.9 Å². The van der Waals surface area contributed by atoms with Gasteiger partial charge in [0.25, 0.3) is 5.91 Å². The van der Waals surface area contributed by atoms with Crippen molar-refractivity contribution in [2.45, 2.75) is 13.2 Å². The molecule has 0 unspecified atom stereocenters. The predicted molar refractivity (Wildman–Crippen MR) is 133 cm³/mol. The SMILES string of the molecule is NC(=O)c1cccnc1-c1cc(N(Cc2ccccc2)c2ccc(Cl)cc2CF)cc(N)c1O. The molecule has 0 atom stereocenters. The molecule has 1 heterocycles. The van der Waals surface area contributed by atoms with Gasteiger partial charge in [-0.25, -0.2) is 4.39 Å². The Bertz CT molecular complexity index is 1350. The second-order valence-electron chi connectivity index (χ2n) is 7.67. The number of pyridine rings is 1. The number of rotatable bonds is 7. The van der Waals surface area contributed by atoms with Crippen molar-refractivity contribution in [3.05, 3.63) is 101 Å². The van der Waals surface area contributed by atoms with Gasteiger partial charge < -0.3 is 21.5 Å². The van der Waals surface area contributed by atoms with Gasteiger partial charge in [0.15, 0.2) is 0 Å². The molecular formula is C26H22ClFN4O2. The van der Waals surface area contributed by atoms with E-state index in [1.807, 2.05) is 35.2 Å². The minimum Gasteiger partial charge on any atom is -0.505 e. The Morgan fingerprint density at radius 2 is 1.82 bits per heavy atom. The molecule has 0 radical (unpaired) electrons. The van der Waals surface area contributed by atoms with Crippen LogP contribution in [-0.4, -0.2) is 16.0 Å². The quantitative estimate of drug-likeness (QED) is 0.238. The summed E-state index contributed by atoms with van der Waals surface area (Å²) in [6.07, 6.45) is 1.49. The molecule has 5 N–H and O–H groups in total. The van der Waals surface area contributed by atoms with Gasteiger partial charge in [-0.15, -0.1) is 0 Å². The summed E-state index contributed by atoms with van der Waals surface area (Å²) >= 11 is 6.11. The Balaban J connectivity index is 1.93. The zero-order valence-electron chi connectivity index (χ0n) is 18.1. The lowest BCUT2D eigenvalue weighted by atomic mass is 10.0. The maximum Gasteiger partial charge on any atom is 0.250 e. The number of carbonyl (C=O) groups excluding carboxylic acids is 1. The van der Waals surface area contributed by atoms with Crippen LogP contribution in [0, 0.1) is 0 Å². The monoisotopic (exact) mass is 476 g/mol. The van der Waals surface area contributed by atoms with Crippen LogP contribution in [0.25, 0.3) is 11.3 Å². The third-order valence-corrected chi connectivity index (χ3v) is 5.66. The molecular weight excluding hydrogens is 455 g/mol. The van der Waals surface area contributed by atoms with Gasteiger partial charge in [0.1, 0.15) is 12.4 Å². The number of aromatic hydroxyl groups is 1. The summed E-state index contributed by atoms with van der Waals surface area (Å²) in [6, 6.07) is 21.0. The molecule has 0 aliphatic rings. The number of benzene rings is 3. The van der Waals surface area contributed by atoms with E-state index in [1.54, 1.807) is 36.4 Å². The number of primary amides is 1. The molecule has 1 amide bonds. The maximum absolute atomic E-state index is 14.0. The predicted octanol–water partition coefficient (Wildman–Crippen LogP) is 5.60. The average Bonchev–Trinajstić information content (AvgIpc) is 2.85. The number of halogens is 2. The van der Waals surface area contributed by atoms with E-state index >= 15 is 0 Å². The minimum absolute atomic E-state index is 0.0717. The summed E-state index contributed by atoms with van der Waals surface area (Å²) in [7, 11) is 0. The van der Waals surface area contributed by atoms with E-state index in [0.29, 0.717) is 28.5 Å². The summed E-state index contributed by atoms with van der Waals surface area (Å²) in [5.41, 5.74) is 14.8. The van der Waals surface area contributed by atoms with Crippen LogP contribution >= 0.6 is 11.6 Å². The molecule has 172 valence electrons. The van der Waals surface area contributed by atoms with Crippen LogP contribution in [0.5, 0.6) is 5.75 Å². The molecule has 0 saturated carbocycles. The molecule has 0 bridgehead atoms. The summed E-state index contributed by atoms with van der Waals surface area (Å²) in [5, 5.41) is 11.2. The second-order valence-corrected chi connectivity index (χ2v) is 8.11. The first kappa shape index (κ1) is 23.1. The van der Waals surface area contributed by atoms with Gasteiger partial charge in [0.2, 0.25) is 0 Å². The van der Waals surface area contributed by atoms with E-state index in [4.69, 9.17) is 23.1 Å². The normalized spacial score (nSPS) is 10.8. The third kappa shape index (κ3) is 4.65. The molecule has 0 aliphatic heterocycles. The smallest absolute Gasteiger partial charge is 0.250 e. The van der Waals surface area contributed by atoms with Crippen LogP contribution in [0.15, 0.2) is 79.0 Å². The molecule has 0 saturated heterocycles. The number of alkyl halides is 1. The number of anilines is 3. The van der Waals surface area contributed by atoms with E-state index in [9.17, 15) is 14.3 Å². The van der Waals surface area contributed by atoms with Crippen molar-refractivity contribution in [3.8, 4) is 17.0 Å². The number of nitrogens with zero attached hydrogens (tertiary/aromatic N) is 2. The highest BCUT2D eigenvalue weighted by molar-refractivity contribution is 6.30. The lowest BCUT2D eigenvalue weighted by molar-refractivity contribution is 0.100. The van der Waals surface area contributed by atoms with Gasteiger partial charge in [-0.1, -0.05) is 41.9 Å². The summed E-state index contributed by atoms with van der Waals surface area (Å²) in [5.74, 6) is -0.920. The Morgan fingerprint density at radius 1 is 1.06 bits per heavy atom.